The number of amides is 2. The summed E-state index contributed by atoms with van der Waals surface area (Å²) in [5.74, 6) is 0.216. The summed E-state index contributed by atoms with van der Waals surface area (Å²) in [6.45, 7) is 4.10. The van der Waals surface area contributed by atoms with Crippen molar-refractivity contribution >= 4 is 50.2 Å². The van der Waals surface area contributed by atoms with Gasteiger partial charge in [-0.05, 0) is 59.5 Å². The van der Waals surface area contributed by atoms with Gasteiger partial charge < -0.3 is 15.0 Å². The molecule has 1 saturated carbocycles. The molecule has 3 atom stereocenters. The second-order valence-electron chi connectivity index (χ2n) is 12.4. The number of piperidine rings is 1. The Kier molecular flexibility index (Phi) is 6.98. The molecule has 238 valence electrons. The standard InChI is InChI=1S/C32H29BrN10O4/c1-17(44)29-23-7-19(21-10-34-18(2)35-11-21)3-5-24(23)42(39-29)13-28(45)43-25-8-32(9-26(32)43)16-41-12-22(38-40-41)15-47-14-20-4-6-27(33)36-30(20)37-31(25)46/h3-7,10-12,25-26H,8-9,13-16H2,1-2H3,(H,36,37,46)/t25-,26+,32-/m0/s1. The summed E-state index contributed by atoms with van der Waals surface area (Å²) in [7, 11) is 0. The van der Waals surface area contributed by atoms with Crippen LogP contribution in [0.15, 0.2) is 53.5 Å². The van der Waals surface area contributed by atoms with E-state index < -0.39 is 6.04 Å². The van der Waals surface area contributed by atoms with Gasteiger partial charge in [0, 0.05) is 47.3 Å². The predicted molar refractivity (Wildman–Crippen MR) is 171 cm³/mol. The quantitative estimate of drug-likeness (QED) is 0.217. The van der Waals surface area contributed by atoms with Gasteiger partial charge in [0.1, 0.15) is 40.2 Å². The number of anilines is 1. The van der Waals surface area contributed by atoms with Gasteiger partial charge in [-0.2, -0.15) is 5.10 Å². The zero-order valence-corrected chi connectivity index (χ0v) is 27.1. The van der Waals surface area contributed by atoms with E-state index in [-0.39, 0.29) is 54.5 Å². The van der Waals surface area contributed by atoms with Gasteiger partial charge in [-0.25, -0.2) is 15.0 Å². The molecule has 0 radical (unpaired) electrons. The van der Waals surface area contributed by atoms with E-state index in [0.717, 1.165) is 17.5 Å². The number of carbonyl (C=O) groups excluding carboxylic acids is 3. The van der Waals surface area contributed by atoms with Crippen molar-refractivity contribution in [3.63, 3.8) is 0 Å². The van der Waals surface area contributed by atoms with Crippen molar-refractivity contribution in [2.24, 2.45) is 5.41 Å². The van der Waals surface area contributed by atoms with Gasteiger partial charge in [-0.3, -0.25) is 23.7 Å². The first-order chi connectivity index (χ1) is 22.7. The molecule has 8 rings (SSSR count). The highest BCUT2D eigenvalue weighted by Gasteiger charge is 2.67. The predicted octanol–water partition coefficient (Wildman–Crippen LogP) is 3.48. The Hall–Kier alpha value is -4.89. The highest BCUT2D eigenvalue weighted by Crippen LogP contribution is 2.60. The Balaban J connectivity index is 1.13. The lowest BCUT2D eigenvalue weighted by Crippen LogP contribution is -2.47. The van der Waals surface area contributed by atoms with E-state index in [1.54, 1.807) is 32.7 Å². The number of ether oxygens (including phenoxy) is 1. The number of rotatable bonds is 4. The average molecular weight is 698 g/mol. The molecule has 2 aliphatic heterocycles. The minimum absolute atomic E-state index is 0.144. The summed E-state index contributed by atoms with van der Waals surface area (Å²) >= 11 is 3.40. The van der Waals surface area contributed by atoms with Crippen molar-refractivity contribution in [1.29, 1.82) is 0 Å². The SMILES string of the molecule is CC(=O)c1nn(CC(=O)N2[C@H]3C[C@]4(C[C@@H]24)Cn2cc(nn2)COCc2ccc(Br)nc2NC3=O)c2ccc(-c3cnc(C)nc3)cc12. The highest BCUT2D eigenvalue weighted by atomic mass is 79.9. The summed E-state index contributed by atoms with van der Waals surface area (Å²) in [5.41, 5.74) is 3.59. The van der Waals surface area contributed by atoms with Crippen LogP contribution in [0.5, 0.6) is 0 Å². The molecule has 2 amide bonds. The zero-order valence-electron chi connectivity index (χ0n) is 25.6. The first kappa shape index (κ1) is 29.5. The lowest BCUT2D eigenvalue weighted by Gasteiger charge is -2.27. The van der Waals surface area contributed by atoms with Crippen molar-refractivity contribution in [3.8, 4) is 11.1 Å². The van der Waals surface area contributed by atoms with Crippen LogP contribution >= 0.6 is 15.9 Å². The van der Waals surface area contributed by atoms with Crippen LogP contribution in [0.1, 0.15) is 47.3 Å². The topological polar surface area (TPSA) is 163 Å². The molecule has 0 unspecified atom stereocenters. The Morgan fingerprint density at radius 1 is 1.11 bits per heavy atom. The summed E-state index contributed by atoms with van der Waals surface area (Å²) in [6.07, 6.45) is 6.51. The van der Waals surface area contributed by atoms with Crippen molar-refractivity contribution in [2.45, 2.75) is 65.1 Å². The van der Waals surface area contributed by atoms with Gasteiger partial charge in [0.2, 0.25) is 11.8 Å². The number of likely N-dealkylation sites (tertiary alicyclic amines) is 1. The van der Waals surface area contributed by atoms with E-state index in [2.05, 4.69) is 51.6 Å². The van der Waals surface area contributed by atoms with Crippen molar-refractivity contribution < 1.29 is 19.1 Å². The Bertz CT molecular complexity index is 2090. The maximum atomic E-state index is 14.3. The fraction of sp³-hybridized carbons (Fsp3) is 0.344. The number of nitrogens with zero attached hydrogens (tertiary/aromatic N) is 9. The molecule has 1 saturated heterocycles. The third kappa shape index (κ3) is 5.28. The molecule has 1 spiro atoms. The molecule has 1 N–H and O–H groups in total. The number of fused-ring (bicyclic) bond motifs is 5. The summed E-state index contributed by atoms with van der Waals surface area (Å²) in [6, 6.07) is 8.31. The fourth-order valence-electron chi connectivity index (χ4n) is 6.89. The van der Waals surface area contributed by atoms with Crippen molar-refractivity contribution in [2.75, 3.05) is 5.32 Å². The van der Waals surface area contributed by atoms with Gasteiger partial charge in [0.25, 0.3) is 0 Å². The lowest BCUT2D eigenvalue weighted by atomic mass is 9.99. The van der Waals surface area contributed by atoms with Crippen LogP contribution in [0.4, 0.5) is 5.82 Å². The molecule has 2 fully saturated rings. The molecule has 6 heterocycles. The normalized spacial score (nSPS) is 21.9. The number of nitrogens with one attached hydrogen (secondary N) is 1. The Morgan fingerprint density at radius 2 is 1.94 bits per heavy atom. The van der Waals surface area contributed by atoms with Gasteiger partial charge in [0.05, 0.1) is 31.5 Å². The molecular formula is C32H29BrN10O4. The van der Waals surface area contributed by atoms with Crippen LogP contribution in [0.3, 0.4) is 0 Å². The average Bonchev–Trinajstić information content (AvgIpc) is 3.32. The van der Waals surface area contributed by atoms with Crippen molar-refractivity contribution in [3.05, 3.63) is 76.3 Å². The minimum Gasteiger partial charge on any atom is -0.370 e. The molecule has 15 heteroatoms. The van der Waals surface area contributed by atoms with Gasteiger partial charge in [-0.15, -0.1) is 5.10 Å². The van der Waals surface area contributed by atoms with Crippen LogP contribution in [0.2, 0.25) is 0 Å². The second kappa shape index (κ2) is 11.1. The molecule has 14 nitrogen and oxygen atoms in total. The Labute approximate surface area is 276 Å². The lowest BCUT2D eigenvalue weighted by molar-refractivity contribution is -0.138. The largest absolute Gasteiger partial charge is 0.370 e. The third-order valence-electron chi connectivity index (χ3n) is 9.25. The zero-order chi connectivity index (χ0) is 32.4. The number of carbonyl (C=O) groups is 3. The van der Waals surface area contributed by atoms with E-state index in [1.165, 1.54) is 6.92 Å². The number of ketones is 1. The third-order valence-corrected chi connectivity index (χ3v) is 9.69. The first-order valence-electron chi connectivity index (χ1n) is 15.2. The number of halogens is 1. The van der Waals surface area contributed by atoms with Gasteiger partial charge >= 0.3 is 0 Å². The maximum absolute atomic E-state index is 14.3. The van der Waals surface area contributed by atoms with Gasteiger partial charge in [-0.1, -0.05) is 17.3 Å². The molecule has 4 bridgehead atoms. The van der Waals surface area contributed by atoms with Crippen LogP contribution < -0.4 is 5.32 Å². The van der Waals surface area contributed by atoms with Crippen LogP contribution in [-0.2, 0) is 40.6 Å². The molecular weight excluding hydrogens is 668 g/mol. The van der Waals surface area contributed by atoms with E-state index in [1.807, 2.05) is 37.4 Å². The summed E-state index contributed by atoms with van der Waals surface area (Å²) in [4.78, 5) is 55.7. The van der Waals surface area contributed by atoms with E-state index in [4.69, 9.17) is 4.74 Å². The molecule has 1 aliphatic carbocycles. The number of pyridine rings is 1. The number of hydrogen-bond donors (Lipinski definition) is 1. The molecule has 3 aliphatic rings. The number of hydrogen-bond acceptors (Lipinski definition) is 10. The Morgan fingerprint density at radius 3 is 2.74 bits per heavy atom. The first-order valence-corrected chi connectivity index (χ1v) is 16.0. The second-order valence-corrected chi connectivity index (χ2v) is 13.3. The summed E-state index contributed by atoms with van der Waals surface area (Å²) in [5, 5.41) is 16.8. The molecule has 47 heavy (non-hydrogen) atoms. The van der Waals surface area contributed by atoms with E-state index in [0.29, 0.717) is 51.4 Å². The number of Topliss-reactive ketones (excluding diaryl/α,β-unsaturated/α-hetero) is 1. The van der Waals surface area contributed by atoms with Gasteiger partial charge in [0.15, 0.2) is 5.78 Å². The molecule has 1 aromatic carbocycles. The monoisotopic (exact) mass is 696 g/mol. The number of aryl methyl sites for hydroxylation is 1. The van der Waals surface area contributed by atoms with Crippen molar-refractivity contribution in [1.82, 2.24) is 44.6 Å². The number of benzene rings is 1. The summed E-state index contributed by atoms with van der Waals surface area (Å²) < 4.78 is 9.76. The van der Waals surface area contributed by atoms with Crippen LogP contribution in [-0.4, -0.2) is 74.3 Å². The number of aromatic nitrogens is 8. The van der Waals surface area contributed by atoms with Crippen LogP contribution in [0.25, 0.3) is 22.0 Å². The smallest absolute Gasteiger partial charge is 0.248 e. The van der Waals surface area contributed by atoms with Crippen LogP contribution in [0, 0.1) is 12.3 Å². The fourth-order valence-corrected chi connectivity index (χ4v) is 7.20. The van der Waals surface area contributed by atoms with E-state index >= 15 is 0 Å². The van der Waals surface area contributed by atoms with E-state index in [9.17, 15) is 14.4 Å². The minimum atomic E-state index is -0.746. The molecule has 5 aromatic rings. The molecule has 4 aromatic heterocycles. The maximum Gasteiger partial charge on any atom is 0.248 e. The highest BCUT2D eigenvalue weighted by molar-refractivity contribution is 9.10.